The molecule has 2 aromatic carbocycles. The lowest BCUT2D eigenvalue weighted by Gasteiger charge is -2.11. The molecule has 2 aromatic rings. The molecule has 2 nitrogen and oxygen atoms in total. The molecule has 0 unspecified atom stereocenters. The van der Waals surface area contributed by atoms with E-state index in [1.54, 1.807) is 0 Å². The summed E-state index contributed by atoms with van der Waals surface area (Å²) < 4.78 is 5.96. The van der Waals surface area contributed by atoms with Crippen LogP contribution in [0.4, 0.5) is 0 Å². The second-order valence-corrected chi connectivity index (χ2v) is 4.63. The number of nitrogens with one attached hydrogen (secondary N) is 1. The van der Waals surface area contributed by atoms with Gasteiger partial charge in [-0.2, -0.15) is 0 Å². The van der Waals surface area contributed by atoms with Crippen molar-refractivity contribution < 1.29 is 4.74 Å². The van der Waals surface area contributed by atoms with Crippen molar-refractivity contribution in [2.45, 2.75) is 26.3 Å². The first kappa shape index (κ1) is 13.6. The average Bonchev–Trinajstić information content (AvgIpc) is 2.44. The first-order valence-corrected chi connectivity index (χ1v) is 6.82. The van der Waals surface area contributed by atoms with Crippen molar-refractivity contribution in [1.29, 1.82) is 0 Å². The van der Waals surface area contributed by atoms with Crippen LogP contribution in [-0.4, -0.2) is 7.05 Å². The topological polar surface area (TPSA) is 21.3 Å². The van der Waals surface area contributed by atoms with E-state index in [1.807, 2.05) is 37.4 Å². The molecule has 0 amide bonds. The largest absolute Gasteiger partial charge is 0.457 e. The van der Waals surface area contributed by atoms with E-state index in [2.05, 4.69) is 30.4 Å². The van der Waals surface area contributed by atoms with Gasteiger partial charge in [0.25, 0.3) is 0 Å². The monoisotopic (exact) mass is 255 g/mol. The van der Waals surface area contributed by atoms with E-state index in [0.29, 0.717) is 0 Å². The van der Waals surface area contributed by atoms with Crippen LogP contribution in [0.1, 0.15) is 24.5 Å². The zero-order valence-corrected chi connectivity index (χ0v) is 11.6. The second-order valence-electron chi connectivity index (χ2n) is 4.63. The molecule has 1 N–H and O–H groups in total. The Balaban J connectivity index is 2.12. The number of hydrogen-bond acceptors (Lipinski definition) is 2. The molecule has 0 saturated carbocycles. The highest BCUT2D eigenvalue weighted by Crippen LogP contribution is 2.25. The van der Waals surface area contributed by atoms with Crippen LogP contribution in [0.3, 0.4) is 0 Å². The molecular weight excluding hydrogens is 234 g/mol. The Bertz CT molecular complexity index is 505. The third-order valence-corrected chi connectivity index (χ3v) is 3.03. The fourth-order valence-electron chi connectivity index (χ4n) is 2.08. The fraction of sp³-hybridized carbons (Fsp3) is 0.294. The van der Waals surface area contributed by atoms with E-state index in [9.17, 15) is 0 Å². The van der Waals surface area contributed by atoms with Gasteiger partial charge in [0, 0.05) is 12.1 Å². The first-order chi connectivity index (χ1) is 9.33. The van der Waals surface area contributed by atoms with Crippen LogP contribution in [-0.2, 0) is 13.0 Å². The third kappa shape index (κ3) is 3.83. The van der Waals surface area contributed by atoms with Crippen LogP contribution in [0.5, 0.6) is 11.5 Å². The SMILES string of the molecule is CCCc1ccc(Oc2ccccc2CNC)cc1. The number of benzene rings is 2. The van der Waals surface area contributed by atoms with E-state index in [0.717, 1.165) is 24.5 Å². The minimum absolute atomic E-state index is 0.810. The number of hydrogen-bond donors (Lipinski definition) is 1. The van der Waals surface area contributed by atoms with Gasteiger partial charge in [0.15, 0.2) is 0 Å². The summed E-state index contributed by atoms with van der Waals surface area (Å²) in [5.74, 6) is 1.81. The number of rotatable bonds is 6. The highest BCUT2D eigenvalue weighted by Gasteiger charge is 2.03. The molecule has 0 aliphatic heterocycles. The van der Waals surface area contributed by atoms with Crippen molar-refractivity contribution in [3.63, 3.8) is 0 Å². The highest BCUT2D eigenvalue weighted by atomic mass is 16.5. The van der Waals surface area contributed by atoms with E-state index >= 15 is 0 Å². The molecule has 100 valence electrons. The first-order valence-electron chi connectivity index (χ1n) is 6.82. The van der Waals surface area contributed by atoms with Gasteiger partial charge in [-0.3, -0.25) is 0 Å². The lowest BCUT2D eigenvalue weighted by molar-refractivity contribution is 0.474. The quantitative estimate of drug-likeness (QED) is 0.837. The maximum Gasteiger partial charge on any atom is 0.131 e. The van der Waals surface area contributed by atoms with Crippen LogP contribution in [0.15, 0.2) is 48.5 Å². The summed E-state index contributed by atoms with van der Waals surface area (Å²) in [4.78, 5) is 0. The third-order valence-electron chi connectivity index (χ3n) is 3.03. The Hall–Kier alpha value is -1.80. The van der Waals surface area contributed by atoms with Crippen molar-refractivity contribution in [3.8, 4) is 11.5 Å². The van der Waals surface area contributed by atoms with Crippen molar-refractivity contribution in [2.75, 3.05) is 7.05 Å². The number of aryl methyl sites for hydroxylation is 1. The minimum atomic E-state index is 0.810. The Morgan fingerprint density at radius 3 is 2.42 bits per heavy atom. The summed E-state index contributed by atoms with van der Waals surface area (Å²) >= 11 is 0. The zero-order valence-electron chi connectivity index (χ0n) is 11.6. The number of para-hydroxylation sites is 1. The molecule has 0 radical (unpaired) electrons. The summed E-state index contributed by atoms with van der Waals surface area (Å²) in [5, 5.41) is 3.16. The molecular formula is C17H21NO. The summed E-state index contributed by atoms with van der Waals surface area (Å²) in [6, 6.07) is 16.5. The molecule has 0 aliphatic rings. The minimum Gasteiger partial charge on any atom is -0.457 e. The Morgan fingerprint density at radius 1 is 1.00 bits per heavy atom. The van der Waals surface area contributed by atoms with Crippen LogP contribution >= 0.6 is 0 Å². The maximum atomic E-state index is 5.96. The van der Waals surface area contributed by atoms with Gasteiger partial charge in [-0.1, -0.05) is 43.7 Å². The smallest absolute Gasteiger partial charge is 0.131 e. The molecule has 0 saturated heterocycles. The molecule has 0 heterocycles. The van der Waals surface area contributed by atoms with Gasteiger partial charge < -0.3 is 10.1 Å². The van der Waals surface area contributed by atoms with E-state index in [4.69, 9.17) is 4.74 Å². The van der Waals surface area contributed by atoms with Gasteiger partial charge in [-0.15, -0.1) is 0 Å². The molecule has 0 spiro atoms. The lowest BCUT2D eigenvalue weighted by atomic mass is 10.1. The Kier molecular flexibility index (Phi) is 4.99. The Morgan fingerprint density at radius 2 is 1.74 bits per heavy atom. The standard InChI is InChI=1S/C17H21NO/c1-3-6-14-9-11-16(12-10-14)19-17-8-5-4-7-15(17)13-18-2/h4-5,7-12,18H,3,6,13H2,1-2H3. The van der Waals surface area contributed by atoms with Crippen molar-refractivity contribution in [2.24, 2.45) is 0 Å². The molecule has 0 aromatic heterocycles. The highest BCUT2D eigenvalue weighted by molar-refractivity contribution is 5.38. The van der Waals surface area contributed by atoms with Crippen molar-refractivity contribution in [1.82, 2.24) is 5.32 Å². The molecule has 0 fully saturated rings. The predicted octanol–water partition coefficient (Wildman–Crippen LogP) is 4.15. The predicted molar refractivity (Wildman–Crippen MR) is 79.7 cm³/mol. The van der Waals surface area contributed by atoms with Crippen LogP contribution in [0.2, 0.25) is 0 Å². The van der Waals surface area contributed by atoms with Crippen molar-refractivity contribution >= 4 is 0 Å². The number of ether oxygens (including phenoxy) is 1. The molecule has 0 atom stereocenters. The van der Waals surface area contributed by atoms with E-state index in [1.165, 1.54) is 17.5 Å². The molecule has 0 bridgehead atoms. The summed E-state index contributed by atoms with van der Waals surface area (Å²) in [7, 11) is 1.94. The molecule has 2 heteroatoms. The normalized spacial score (nSPS) is 10.4. The van der Waals surface area contributed by atoms with Gasteiger partial charge in [0.1, 0.15) is 11.5 Å². The van der Waals surface area contributed by atoms with Gasteiger partial charge in [-0.05, 0) is 37.2 Å². The molecule has 19 heavy (non-hydrogen) atoms. The van der Waals surface area contributed by atoms with Gasteiger partial charge >= 0.3 is 0 Å². The van der Waals surface area contributed by atoms with E-state index in [-0.39, 0.29) is 0 Å². The second kappa shape index (κ2) is 6.95. The summed E-state index contributed by atoms with van der Waals surface area (Å²) in [6.45, 7) is 3.00. The van der Waals surface area contributed by atoms with Gasteiger partial charge in [-0.25, -0.2) is 0 Å². The average molecular weight is 255 g/mol. The molecule has 0 aliphatic carbocycles. The van der Waals surface area contributed by atoms with Crippen molar-refractivity contribution in [3.05, 3.63) is 59.7 Å². The fourth-order valence-corrected chi connectivity index (χ4v) is 2.08. The molecule has 2 rings (SSSR count). The maximum absolute atomic E-state index is 5.96. The van der Waals surface area contributed by atoms with E-state index < -0.39 is 0 Å². The van der Waals surface area contributed by atoms with Crippen LogP contribution in [0, 0.1) is 0 Å². The zero-order chi connectivity index (χ0) is 13.5. The summed E-state index contributed by atoms with van der Waals surface area (Å²) in [5.41, 5.74) is 2.53. The Labute approximate surface area is 115 Å². The van der Waals surface area contributed by atoms with Crippen LogP contribution < -0.4 is 10.1 Å². The lowest BCUT2D eigenvalue weighted by Crippen LogP contribution is -2.06. The van der Waals surface area contributed by atoms with Gasteiger partial charge in [0.2, 0.25) is 0 Å². The van der Waals surface area contributed by atoms with Gasteiger partial charge in [0.05, 0.1) is 0 Å². The summed E-state index contributed by atoms with van der Waals surface area (Å²) in [6.07, 6.45) is 2.29. The van der Waals surface area contributed by atoms with Crippen LogP contribution in [0.25, 0.3) is 0 Å².